The fourth-order valence-electron chi connectivity index (χ4n) is 2.94. The number of unbranched alkanes of at least 4 members (excludes halogenated alkanes) is 1. The number of anilines is 1. The zero-order valence-electron chi connectivity index (χ0n) is 15.7. The Morgan fingerprint density at radius 3 is 2.50 bits per heavy atom. The molecule has 1 heterocycles. The molecule has 1 N–H and O–H groups in total. The second kappa shape index (κ2) is 8.04. The third kappa shape index (κ3) is 3.93. The standard InChI is InChI=1S/C21H20N2O5/c1-3-4-10-23-19(25)17-9-8-14(11-18(17)20(23)26)21(27)28-16-7-5-6-15(12-16)22-13(2)24/h5-9,11-12H,3-4,10H2,1-2H3,(H,22,24). The number of hydrogen-bond donors (Lipinski definition) is 1. The number of amides is 3. The van der Waals surface area contributed by atoms with Crippen LogP contribution in [0, 0.1) is 0 Å². The average Bonchev–Trinajstić information content (AvgIpc) is 2.90. The van der Waals surface area contributed by atoms with Gasteiger partial charge in [0.15, 0.2) is 0 Å². The molecule has 0 aromatic heterocycles. The summed E-state index contributed by atoms with van der Waals surface area (Å²) in [7, 11) is 0. The van der Waals surface area contributed by atoms with Crippen LogP contribution in [0.5, 0.6) is 5.75 Å². The highest BCUT2D eigenvalue weighted by Crippen LogP contribution is 2.25. The van der Waals surface area contributed by atoms with Crippen molar-refractivity contribution in [3.8, 4) is 5.75 Å². The van der Waals surface area contributed by atoms with Crippen molar-refractivity contribution in [3.05, 3.63) is 59.2 Å². The SMILES string of the molecule is CCCCN1C(=O)c2ccc(C(=O)Oc3cccc(NC(C)=O)c3)cc2C1=O. The Labute approximate surface area is 162 Å². The van der Waals surface area contributed by atoms with E-state index >= 15 is 0 Å². The topological polar surface area (TPSA) is 92.8 Å². The summed E-state index contributed by atoms with van der Waals surface area (Å²) < 4.78 is 5.34. The molecule has 144 valence electrons. The first-order chi connectivity index (χ1) is 13.4. The van der Waals surface area contributed by atoms with Crippen molar-refractivity contribution in [3.63, 3.8) is 0 Å². The van der Waals surface area contributed by atoms with Gasteiger partial charge in [-0.3, -0.25) is 19.3 Å². The second-order valence-corrected chi connectivity index (χ2v) is 6.47. The molecule has 0 radical (unpaired) electrons. The molecule has 1 aliphatic heterocycles. The van der Waals surface area contributed by atoms with E-state index in [-0.39, 0.29) is 28.7 Å². The van der Waals surface area contributed by atoms with E-state index in [0.717, 1.165) is 12.8 Å². The number of fused-ring (bicyclic) bond motifs is 1. The van der Waals surface area contributed by atoms with E-state index in [1.165, 1.54) is 36.1 Å². The summed E-state index contributed by atoms with van der Waals surface area (Å²) in [5.41, 5.74) is 1.18. The molecule has 2 aromatic carbocycles. The van der Waals surface area contributed by atoms with Gasteiger partial charge in [0.05, 0.1) is 16.7 Å². The van der Waals surface area contributed by atoms with Crippen molar-refractivity contribution < 1.29 is 23.9 Å². The van der Waals surface area contributed by atoms with Crippen LogP contribution in [-0.4, -0.2) is 35.1 Å². The van der Waals surface area contributed by atoms with E-state index in [0.29, 0.717) is 17.8 Å². The van der Waals surface area contributed by atoms with Crippen LogP contribution in [0.4, 0.5) is 5.69 Å². The van der Waals surface area contributed by atoms with Crippen molar-refractivity contribution in [1.29, 1.82) is 0 Å². The Morgan fingerprint density at radius 1 is 1.04 bits per heavy atom. The fourth-order valence-corrected chi connectivity index (χ4v) is 2.94. The van der Waals surface area contributed by atoms with Gasteiger partial charge in [0.1, 0.15) is 5.75 Å². The number of esters is 1. The van der Waals surface area contributed by atoms with Crippen molar-refractivity contribution in [1.82, 2.24) is 4.90 Å². The summed E-state index contributed by atoms with van der Waals surface area (Å²) >= 11 is 0. The predicted molar refractivity (Wildman–Crippen MR) is 102 cm³/mol. The van der Waals surface area contributed by atoms with Crippen molar-refractivity contribution in [2.75, 3.05) is 11.9 Å². The van der Waals surface area contributed by atoms with Crippen molar-refractivity contribution in [2.45, 2.75) is 26.7 Å². The maximum absolute atomic E-state index is 12.5. The Bertz CT molecular complexity index is 967. The summed E-state index contributed by atoms with van der Waals surface area (Å²) in [4.78, 5) is 49.7. The van der Waals surface area contributed by atoms with E-state index < -0.39 is 11.9 Å². The van der Waals surface area contributed by atoms with Crippen LogP contribution >= 0.6 is 0 Å². The highest BCUT2D eigenvalue weighted by molar-refractivity contribution is 6.22. The molecular formula is C21H20N2O5. The van der Waals surface area contributed by atoms with Crippen LogP contribution in [0.15, 0.2) is 42.5 Å². The highest BCUT2D eigenvalue weighted by Gasteiger charge is 2.35. The fraction of sp³-hybridized carbons (Fsp3) is 0.238. The van der Waals surface area contributed by atoms with Crippen LogP contribution in [-0.2, 0) is 4.79 Å². The van der Waals surface area contributed by atoms with Gasteiger partial charge in [0.2, 0.25) is 5.91 Å². The van der Waals surface area contributed by atoms with Gasteiger partial charge in [-0.25, -0.2) is 4.79 Å². The molecule has 3 rings (SSSR count). The summed E-state index contributed by atoms with van der Waals surface area (Å²) in [5, 5.41) is 2.61. The van der Waals surface area contributed by atoms with Crippen LogP contribution in [0.3, 0.4) is 0 Å². The molecule has 2 aromatic rings. The van der Waals surface area contributed by atoms with Crippen LogP contribution in [0.2, 0.25) is 0 Å². The van der Waals surface area contributed by atoms with Crippen molar-refractivity contribution in [2.24, 2.45) is 0 Å². The smallest absolute Gasteiger partial charge is 0.343 e. The lowest BCUT2D eigenvalue weighted by Crippen LogP contribution is -2.30. The number of rotatable bonds is 6. The molecule has 1 aliphatic rings. The molecule has 0 fully saturated rings. The monoisotopic (exact) mass is 380 g/mol. The zero-order chi connectivity index (χ0) is 20.3. The summed E-state index contributed by atoms with van der Waals surface area (Å²) in [6.07, 6.45) is 1.59. The molecule has 0 aliphatic carbocycles. The zero-order valence-corrected chi connectivity index (χ0v) is 15.7. The normalized spacial score (nSPS) is 12.7. The maximum Gasteiger partial charge on any atom is 0.343 e. The van der Waals surface area contributed by atoms with Crippen molar-refractivity contribution >= 4 is 29.4 Å². The Hall–Kier alpha value is -3.48. The van der Waals surface area contributed by atoms with Gasteiger partial charge in [-0.05, 0) is 36.8 Å². The number of carbonyl (C=O) groups is 4. The first kappa shape index (κ1) is 19.3. The Balaban J connectivity index is 1.78. The van der Waals surface area contributed by atoms with Gasteiger partial charge >= 0.3 is 5.97 Å². The summed E-state index contributed by atoms with van der Waals surface area (Å²) in [5.74, 6) is -1.37. The molecule has 7 nitrogen and oxygen atoms in total. The van der Waals surface area contributed by atoms with E-state index in [1.54, 1.807) is 18.2 Å². The number of nitrogens with zero attached hydrogens (tertiary/aromatic N) is 1. The van der Waals surface area contributed by atoms with E-state index in [9.17, 15) is 19.2 Å². The van der Waals surface area contributed by atoms with Gasteiger partial charge in [-0.2, -0.15) is 0 Å². The lowest BCUT2D eigenvalue weighted by Gasteiger charge is -2.12. The number of ether oxygens (including phenoxy) is 1. The molecule has 0 spiro atoms. The van der Waals surface area contributed by atoms with E-state index in [4.69, 9.17) is 4.74 Å². The van der Waals surface area contributed by atoms with Crippen LogP contribution < -0.4 is 10.1 Å². The lowest BCUT2D eigenvalue weighted by molar-refractivity contribution is -0.114. The Morgan fingerprint density at radius 2 is 1.79 bits per heavy atom. The minimum atomic E-state index is -0.657. The molecule has 0 saturated heterocycles. The minimum absolute atomic E-state index is 0.169. The minimum Gasteiger partial charge on any atom is -0.423 e. The maximum atomic E-state index is 12.5. The lowest BCUT2D eigenvalue weighted by atomic mass is 10.1. The van der Waals surface area contributed by atoms with Gasteiger partial charge in [-0.15, -0.1) is 0 Å². The highest BCUT2D eigenvalue weighted by atomic mass is 16.5. The quantitative estimate of drug-likeness (QED) is 0.472. The molecular weight excluding hydrogens is 360 g/mol. The van der Waals surface area contributed by atoms with Gasteiger partial charge in [0, 0.05) is 25.2 Å². The molecule has 0 unspecified atom stereocenters. The average molecular weight is 380 g/mol. The number of nitrogens with one attached hydrogen (secondary N) is 1. The van der Waals surface area contributed by atoms with Crippen LogP contribution in [0.25, 0.3) is 0 Å². The number of hydrogen-bond acceptors (Lipinski definition) is 5. The number of imide groups is 1. The molecule has 0 saturated carbocycles. The molecule has 0 atom stereocenters. The molecule has 0 bridgehead atoms. The predicted octanol–water partition coefficient (Wildman–Crippen LogP) is 3.26. The Kier molecular flexibility index (Phi) is 5.54. The summed E-state index contributed by atoms with van der Waals surface area (Å²) in [6, 6.07) is 10.7. The van der Waals surface area contributed by atoms with Gasteiger partial charge < -0.3 is 10.1 Å². The third-order valence-corrected chi connectivity index (χ3v) is 4.31. The number of benzene rings is 2. The van der Waals surface area contributed by atoms with Gasteiger partial charge in [0.25, 0.3) is 11.8 Å². The molecule has 3 amide bonds. The third-order valence-electron chi connectivity index (χ3n) is 4.31. The number of carbonyl (C=O) groups excluding carboxylic acids is 4. The first-order valence-corrected chi connectivity index (χ1v) is 9.00. The van der Waals surface area contributed by atoms with E-state index in [1.807, 2.05) is 6.92 Å². The second-order valence-electron chi connectivity index (χ2n) is 6.47. The first-order valence-electron chi connectivity index (χ1n) is 9.00. The van der Waals surface area contributed by atoms with Crippen LogP contribution in [0.1, 0.15) is 57.8 Å². The van der Waals surface area contributed by atoms with Gasteiger partial charge in [-0.1, -0.05) is 19.4 Å². The molecule has 28 heavy (non-hydrogen) atoms. The molecule has 7 heteroatoms. The summed E-state index contributed by atoms with van der Waals surface area (Å²) in [6.45, 7) is 3.72. The van der Waals surface area contributed by atoms with E-state index in [2.05, 4.69) is 5.32 Å². The largest absolute Gasteiger partial charge is 0.423 e.